The fourth-order valence-corrected chi connectivity index (χ4v) is 2.36. The van der Waals surface area contributed by atoms with Gasteiger partial charge in [0.25, 0.3) is 0 Å². The number of aromatic carboxylic acids is 1. The van der Waals surface area contributed by atoms with Gasteiger partial charge in [-0.25, -0.2) is 4.79 Å². The van der Waals surface area contributed by atoms with Crippen molar-refractivity contribution in [1.82, 2.24) is 0 Å². The van der Waals surface area contributed by atoms with Crippen LogP contribution in [-0.2, 0) is 4.79 Å². The summed E-state index contributed by atoms with van der Waals surface area (Å²) in [7, 11) is 0. The average molecular weight is 354 g/mol. The number of urea groups is 1. The van der Waals surface area contributed by atoms with Crippen molar-refractivity contribution < 1.29 is 24.6 Å². The first-order valence-corrected chi connectivity index (χ1v) is 7.97. The van der Waals surface area contributed by atoms with Crippen LogP contribution in [0.25, 0.3) is 0 Å². The van der Waals surface area contributed by atoms with Gasteiger partial charge >= 0.3 is 6.03 Å². The second-order valence-corrected chi connectivity index (χ2v) is 6.00. The maximum absolute atomic E-state index is 12.5. The normalized spacial score (nSPS) is 10.4. The van der Waals surface area contributed by atoms with E-state index in [0.717, 1.165) is 10.5 Å². The molecule has 0 aliphatic rings. The van der Waals surface area contributed by atoms with E-state index >= 15 is 0 Å². The summed E-state index contributed by atoms with van der Waals surface area (Å²) in [6.45, 7) is 3.39. The Morgan fingerprint density at radius 2 is 1.69 bits per heavy atom. The fourth-order valence-electron chi connectivity index (χ4n) is 2.36. The number of carboxylic acids is 2. The van der Waals surface area contributed by atoms with Gasteiger partial charge in [-0.1, -0.05) is 38.1 Å². The number of rotatable bonds is 6. The molecular formula is C19H18N2O5-2. The van der Waals surface area contributed by atoms with Gasteiger partial charge in [0.1, 0.15) is 0 Å². The van der Waals surface area contributed by atoms with Crippen LogP contribution in [0.5, 0.6) is 0 Å². The molecule has 7 nitrogen and oxygen atoms in total. The van der Waals surface area contributed by atoms with Crippen LogP contribution in [0.4, 0.5) is 16.2 Å². The van der Waals surface area contributed by atoms with Crippen molar-refractivity contribution in [2.24, 2.45) is 0 Å². The van der Waals surface area contributed by atoms with Crippen LogP contribution in [0.2, 0.25) is 0 Å². The lowest BCUT2D eigenvalue weighted by molar-refractivity contribution is -0.303. The van der Waals surface area contributed by atoms with E-state index in [9.17, 15) is 24.6 Å². The zero-order valence-corrected chi connectivity index (χ0v) is 14.4. The fraction of sp³-hybridized carbons (Fsp3) is 0.211. The lowest BCUT2D eigenvalue weighted by Crippen LogP contribution is -2.43. The van der Waals surface area contributed by atoms with Crippen LogP contribution in [0.3, 0.4) is 0 Å². The highest BCUT2D eigenvalue weighted by Crippen LogP contribution is 2.21. The van der Waals surface area contributed by atoms with Crippen LogP contribution in [0.15, 0.2) is 48.5 Å². The maximum atomic E-state index is 12.5. The van der Waals surface area contributed by atoms with Crippen molar-refractivity contribution in [2.75, 3.05) is 16.8 Å². The van der Waals surface area contributed by atoms with Crippen LogP contribution < -0.4 is 20.4 Å². The SMILES string of the molecule is CC(C)c1ccc(N(CC(=O)[O-])C(=O)Nc2cccc(C(=O)[O-])c2)cc1. The Morgan fingerprint density at radius 1 is 1.04 bits per heavy atom. The number of hydrogen-bond donors (Lipinski definition) is 1. The third-order valence-corrected chi connectivity index (χ3v) is 3.75. The summed E-state index contributed by atoms with van der Waals surface area (Å²) in [5, 5.41) is 24.4. The van der Waals surface area contributed by atoms with Crippen molar-refractivity contribution >= 4 is 29.3 Å². The molecule has 7 heteroatoms. The Kier molecular flexibility index (Phi) is 5.95. The number of carbonyl (C=O) groups is 3. The van der Waals surface area contributed by atoms with E-state index in [-0.39, 0.29) is 11.3 Å². The molecule has 0 fully saturated rings. The molecule has 1 N–H and O–H groups in total. The summed E-state index contributed by atoms with van der Waals surface area (Å²) < 4.78 is 0. The quantitative estimate of drug-likeness (QED) is 0.830. The van der Waals surface area contributed by atoms with Gasteiger partial charge in [0.05, 0.1) is 18.5 Å². The third-order valence-electron chi connectivity index (χ3n) is 3.75. The number of benzene rings is 2. The molecule has 0 aliphatic heterocycles. The number of nitrogens with one attached hydrogen (secondary N) is 1. The van der Waals surface area contributed by atoms with Crippen LogP contribution in [0.1, 0.15) is 35.7 Å². The molecule has 0 aliphatic carbocycles. The summed E-state index contributed by atoms with van der Waals surface area (Å²) in [4.78, 5) is 35.5. The minimum Gasteiger partial charge on any atom is -0.548 e. The van der Waals surface area contributed by atoms with Gasteiger partial charge in [-0.15, -0.1) is 0 Å². The number of nitrogens with zero attached hydrogens (tertiary/aromatic N) is 1. The van der Waals surface area contributed by atoms with Crippen molar-refractivity contribution in [3.05, 3.63) is 59.7 Å². The number of aliphatic carboxylic acids is 1. The summed E-state index contributed by atoms with van der Waals surface area (Å²) in [5.41, 5.74) is 1.53. The third kappa shape index (κ3) is 4.83. The Hall–Kier alpha value is -3.35. The largest absolute Gasteiger partial charge is 0.548 e. The Bertz CT molecular complexity index is 815. The second-order valence-electron chi connectivity index (χ2n) is 6.00. The number of hydrogen-bond acceptors (Lipinski definition) is 5. The molecule has 0 aromatic heterocycles. The second kappa shape index (κ2) is 8.15. The van der Waals surface area contributed by atoms with Gasteiger partial charge in [-0.05, 0) is 41.3 Å². The number of anilines is 2. The van der Waals surface area contributed by atoms with Gasteiger partial charge in [-0.2, -0.15) is 0 Å². The molecule has 0 saturated heterocycles. The Balaban J connectivity index is 2.25. The van der Waals surface area contributed by atoms with E-state index in [4.69, 9.17) is 0 Å². The molecule has 26 heavy (non-hydrogen) atoms. The molecule has 0 bridgehead atoms. The molecule has 0 radical (unpaired) electrons. The Labute approximate surface area is 150 Å². The minimum atomic E-state index is -1.42. The van der Waals surface area contributed by atoms with Crippen molar-refractivity contribution in [1.29, 1.82) is 0 Å². The number of carbonyl (C=O) groups excluding carboxylic acids is 3. The van der Waals surface area contributed by atoms with Crippen LogP contribution in [-0.4, -0.2) is 24.5 Å². The molecule has 0 saturated carbocycles. The number of amides is 2. The molecule has 2 aromatic carbocycles. The lowest BCUT2D eigenvalue weighted by Gasteiger charge is -2.24. The van der Waals surface area contributed by atoms with Gasteiger partial charge in [-0.3, -0.25) is 4.90 Å². The van der Waals surface area contributed by atoms with E-state index in [1.807, 2.05) is 26.0 Å². The molecule has 136 valence electrons. The predicted octanol–water partition coefficient (Wildman–Crippen LogP) is 0.962. The first kappa shape index (κ1) is 19.0. The summed E-state index contributed by atoms with van der Waals surface area (Å²) >= 11 is 0. The zero-order valence-electron chi connectivity index (χ0n) is 14.4. The molecule has 0 heterocycles. The van der Waals surface area contributed by atoms with Gasteiger partial charge in [0.2, 0.25) is 0 Å². The van der Waals surface area contributed by atoms with E-state index in [2.05, 4.69) is 5.32 Å². The molecule has 0 unspecified atom stereocenters. The van der Waals surface area contributed by atoms with Crippen molar-refractivity contribution in [3.8, 4) is 0 Å². The lowest BCUT2D eigenvalue weighted by atomic mass is 10.0. The van der Waals surface area contributed by atoms with E-state index in [0.29, 0.717) is 11.6 Å². The van der Waals surface area contributed by atoms with E-state index < -0.39 is 24.5 Å². The predicted molar refractivity (Wildman–Crippen MR) is 92.7 cm³/mol. The van der Waals surface area contributed by atoms with Gasteiger partial charge in [0, 0.05) is 11.4 Å². The van der Waals surface area contributed by atoms with Crippen molar-refractivity contribution in [2.45, 2.75) is 19.8 Å². The summed E-state index contributed by atoms with van der Waals surface area (Å²) in [5.74, 6) is -2.51. The summed E-state index contributed by atoms with van der Waals surface area (Å²) in [6, 6.07) is 11.7. The average Bonchev–Trinajstić information content (AvgIpc) is 2.59. The zero-order chi connectivity index (χ0) is 19.3. The topological polar surface area (TPSA) is 113 Å². The Morgan fingerprint density at radius 3 is 2.23 bits per heavy atom. The van der Waals surface area contributed by atoms with Crippen LogP contribution in [0, 0.1) is 0 Å². The first-order valence-electron chi connectivity index (χ1n) is 7.97. The molecule has 2 aromatic rings. The molecule has 0 atom stereocenters. The molecule has 2 rings (SSSR count). The first-order chi connectivity index (χ1) is 12.3. The maximum Gasteiger partial charge on any atom is 0.326 e. The van der Waals surface area contributed by atoms with Gasteiger partial charge in [0.15, 0.2) is 0 Å². The monoisotopic (exact) mass is 354 g/mol. The molecule has 2 amide bonds. The highest BCUT2D eigenvalue weighted by molar-refractivity contribution is 6.04. The van der Waals surface area contributed by atoms with E-state index in [1.165, 1.54) is 24.3 Å². The molecule has 0 spiro atoms. The van der Waals surface area contributed by atoms with Crippen LogP contribution >= 0.6 is 0 Å². The number of carboxylic acid groups (broad SMARTS) is 2. The van der Waals surface area contributed by atoms with Gasteiger partial charge < -0.3 is 25.1 Å². The molecular weight excluding hydrogens is 336 g/mol. The van der Waals surface area contributed by atoms with Crippen molar-refractivity contribution in [3.63, 3.8) is 0 Å². The highest BCUT2D eigenvalue weighted by atomic mass is 16.4. The standard InChI is InChI=1S/C19H20N2O5/c1-12(2)13-6-8-16(9-7-13)21(11-17(22)23)19(26)20-15-5-3-4-14(10-15)18(24)25/h3-10,12H,11H2,1-2H3,(H,20,26)(H,22,23)(H,24,25)/p-2. The van der Waals surface area contributed by atoms with E-state index in [1.54, 1.807) is 12.1 Å². The smallest absolute Gasteiger partial charge is 0.326 e. The summed E-state index contributed by atoms with van der Waals surface area (Å²) in [6.07, 6.45) is 0. The minimum absolute atomic E-state index is 0.101. The highest BCUT2D eigenvalue weighted by Gasteiger charge is 2.17.